The van der Waals surface area contributed by atoms with E-state index in [1.807, 2.05) is 0 Å². The van der Waals surface area contributed by atoms with Gasteiger partial charge in [0.05, 0.1) is 0 Å². The predicted molar refractivity (Wildman–Crippen MR) is 15.2 cm³/mol. The van der Waals surface area contributed by atoms with Crippen molar-refractivity contribution in [2.45, 2.75) is 0 Å². The number of halogens is 1. The van der Waals surface area contributed by atoms with E-state index in [2.05, 4.69) is 3.07 Å². The average Bonchev–Trinajstić information content (AvgIpc) is 1.86. The van der Waals surface area contributed by atoms with Gasteiger partial charge in [0.2, 0.25) is 0 Å². The predicted octanol–water partition coefficient (Wildman–Crippen LogP) is -2.94. The van der Waals surface area contributed by atoms with Crippen molar-refractivity contribution in [1.29, 1.82) is 0 Å². The Bertz CT molecular complexity index is 97.0. The maximum atomic E-state index is 9.96. The molecule has 0 N–H and O–H groups in total. The summed E-state index contributed by atoms with van der Waals surface area (Å²) < 4.78 is 6.31. The Morgan fingerprint density at radius 1 is 1.83 bits per heavy atom. The van der Waals surface area contributed by atoms with Gasteiger partial charge in [-0.15, -0.1) is 0 Å². The third-order valence-electron chi connectivity index (χ3n) is 0.371. The molecule has 0 fully saturated rings. The van der Waals surface area contributed by atoms with Crippen LogP contribution < -0.4 is 21.6 Å². The van der Waals surface area contributed by atoms with Crippen LogP contribution in [0.15, 0.2) is 10.2 Å². The Labute approximate surface area is 46.0 Å². The summed E-state index contributed by atoms with van der Waals surface area (Å²) in [6.45, 7) is 0. The summed E-state index contributed by atoms with van der Waals surface area (Å²) in [5, 5.41) is 0. The third kappa shape index (κ3) is 0.707. The Balaban J connectivity index is 2.59. The van der Waals surface area contributed by atoms with Crippen molar-refractivity contribution in [1.82, 2.24) is 0 Å². The van der Waals surface area contributed by atoms with Gasteiger partial charge < -0.3 is 0 Å². The monoisotopic (exact) mass is 197 g/mol. The van der Waals surface area contributed by atoms with Crippen LogP contribution in [0.5, 0.6) is 0 Å². The van der Waals surface area contributed by atoms with Gasteiger partial charge in [0, 0.05) is 0 Å². The summed E-state index contributed by atoms with van der Waals surface area (Å²) in [5.41, 5.74) is 0. The van der Waals surface area contributed by atoms with Gasteiger partial charge in [-0.25, -0.2) is 0 Å². The first-order chi connectivity index (χ1) is 2.89. The van der Waals surface area contributed by atoms with Gasteiger partial charge in [-0.2, -0.15) is 0 Å². The van der Waals surface area contributed by atoms with Crippen LogP contribution in [0.1, 0.15) is 0 Å². The number of rotatable bonds is 0. The van der Waals surface area contributed by atoms with Gasteiger partial charge in [-0.1, -0.05) is 0 Å². The zero-order valence-corrected chi connectivity index (χ0v) is 5.01. The fourth-order valence-electron chi connectivity index (χ4n) is 0.172. The molecule has 0 aromatic carbocycles. The van der Waals surface area contributed by atoms with Crippen molar-refractivity contribution in [2.24, 2.45) is 0 Å². The summed E-state index contributed by atoms with van der Waals surface area (Å²) in [7, 11) is 0. The molecule has 0 unspecified atom stereocenters. The zero-order valence-electron chi connectivity index (χ0n) is 2.85. The molecule has 0 bridgehead atoms. The molecular formula is C3H2IO2-. The van der Waals surface area contributed by atoms with Crippen LogP contribution in [0.3, 0.4) is 0 Å². The second kappa shape index (κ2) is 1.59. The van der Waals surface area contributed by atoms with Crippen LogP contribution in [-0.4, -0.2) is 5.97 Å². The summed E-state index contributed by atoms with van der Waals surface area (Å²) >= 11 is -0.328. The van der Waals surface area contributed by atoms with E-state index >= 15 is 0 Å². The van der Waals surface area contributed by atoms with Crippen LogP contribution in [-0.2, 0) is 7.86 Å². The van der Waals surface area contributed by atoms with Gasteiger partial charge >= 0.3 is 45.6 Å². The van der Waals surface area contributed by atoms with Crippen molar-refractivity contribution in [2.75, 3.05) is 0 Å². The van der Waals surface area contributed by atoms with E-state index in [4.69, 9.17) is 0 Å². The van der Waals surface area contributed by atoms with E-state index in [9.17, 15) is 4.79 Å². The van der Waals surface area contributed by atoms with Gasteiger partial charge in [0.25, 0.3) is 0 Å². The maximum absolute atomic E-state index is 9.96. The molecule has 2 nitrogen and oxygen atoms in total. The van der Waals surface area contributed by atoms with Gasteiger partial charge in [-0.05, 0) is 0 Å². The molecule has 34 valence electrons. The molecule has 0 saturated carbocycles. The van der Waals surface area contributed by atoms with Gasteiger partial charge in [0.1, 0.15) is 0 Å². The van der Waals surface area contributed by atoms with Gasteiger partial charge in [0.15, 0.2) is 0 Å². The fourth-order valence-corrected chi connectivity index (χ4v) is 1.16. The molecule has 1 rings (SSSR count). The SMILES string of the molecule is O=C1C=C[I-]O1. The van der Waals surface area contributed by atoms with E-state index < -0.39 is 0 Å². The van der Waals surface area contributed by atoms with E-state index in [0.717, 1.165) is 0 Å². The first-order valence-corrected chi connectivity index (χ1v) is 3.53. The molecule has 0 atom stereocenters. The van der Waals surface area contributed by atoms with E-state index in [0.29, 0.717) is 0 Å². The summed E-state index contributed by atoms with van der Waals surface area (Å²) in [6, 6.07) is 0. The van der Waals surface area contributed by atoms with Crippen molar-refractivity contribution in [3.63, 3.8) is 0 Å². The first-order valence-electron chi connectivity index (χ1n) is 1.40. The molecule has 0 aliphatic carbocycles. The minimum atomic E-state index is -0.328. The molecule has 0 saturated heterocycles. The second-order valence-electron chi connectivity index (χ2n) is 0.778. The molecule has 0 amide bonds. The molecule has 1 heterocycles. The Hall–Kier alpha value is -0.0600. The molecule has 1 aliphatic heterocycles. The van der Waals surface area contributed by atoms with E-state index in [-0.39, 0.29) is 27.6 Å². The third-order valence-corrected chi connectivity index (χ3v) is 1.71. The average molecular weight is 197 g/mol. The molecule has 1 aliphatic rings. The molecule has 3 heteroatoms. The molecular weight excluding hydrogens is 195 g/mol. The van der Waals surface area contributed by atoms with Crippen molar-refractivity contribution in [3.05, 3.63) is 10.2 Å². The topological polar surface area (TPSA) is 26.3 Å². The molecule has 0 aromatic heterocycles. The van der Waals surface area contributed by atoms with Gasteiger partial charge in [-0.3, -0.25) is 0 Å². The first kappa shape index (κ1) is 4.11. The molecule has 0 spiro atoms. The summed E-state index contributed by atoms with van der Waals surface area (Å²) in [5.74, 6) is -0.178. The zero-order chi connectivity index (χ0) is 4.41. The van der Waals surface area contributed by atoms with Crippen molar-refractivity contribution >= 4 is 5.97 Å². The van der Waals surface area contributed by atoms with Crippen LogP contribution in [0.25, 0.3) is 0 Å². The summed E-state index contributed by atoms with van der Waals surface area (Å²) in [4.78, 5) is 9.96. The van der Waals surface area contributed by atoms with Crippen LogP contribution >= 0.6 is 0 Å². The van der Waals surface area contributed by atoms with Crippen molar-refractivity contribution < 1.29 is 29.5 Å². The number of hydrogen-bond acceptors (Lipinski definition) is 2. The molecule has 0 radical (unpaired) electrons. The summed E-state index contributed by atoms with van der Waals surface area (Å²) in [6.07, 6.45) is 1.47. The van der Waals surface area contributed by atoms with Crippen LogP contribution in [0, 0.1) is 0 Å². The Morgan fingerprint density at radius 3 is 2.83 bits per heavy atom. The Morgan fingerprint density at radius 2 is 2.67 bits per heavy atom. The minimum absolute atomic E-state index is 0.178. The molecule has 6 heavy (non-hydrogen) atoms. The number of hydrogen-bond donors (Lipinski definition) is 0. The standard InChI is InChI=1S/C3H2IO2/c5-3-1-2-4-6-3/h1-2H/q-1. The van der Waals surface area contributed by atoms with E-state index in [1.54, 1.807) is 4.08 Å². The van der Waals surface area contributed by atoms with Crippen LogP contribution in [0.4, 0.5) is 0 Å². The van der Waals surface area contributed by atoms with Crippen LogP contribution in [0.2, 0.25) is 0 Å². The fraction of sp³-hybridized carbons (Fsp3) is 0. The Kier molecular flexibility index (Phi) is 1.09. The number of carbonyl (C=O) groups is 1. The quantitative estimate of drug-likeness (QED) is 0.388. The second-order valence-corrected chi connectivity index (χ2v) is 2.45. The van der Waals surface area contributed by atoms with Crippen molar-refractivity contribution in [3.8, 4) is 0 Å². The van der Waals surface area contributed by atoms with E-state index in [1.165, 1.54) is 6.08 Å². The number of carbonyl (C=O) groups excluding carboxylic acids is 1. The normalized spacial score (nSPS) is 19.7. The molecule has 0 aromatic rings.